The van der Waals surface area contributed by atoms with E-state index in [4.69, 9.17) is 4.74 Å². The van der Waals surface area contributed by atoms with E-state index in [1.54, 1.807) is 13.2 Å². The van der Waals surface area contributed by atoms with Crippen LogP contribution in [0, 0.1) is 0 Å². The second-order valence-corrected chi connectivity index (χ2v) is 8.76. The third kappa shape index (κ3) is 3.88. The number of ether oxygens (including phenoxy) is 1. The van der Waals surface area contributed by atoms with Gasteiger partial charge in [-0.15, -0.1) is 0 Å². The van der Waals surface area contributed by atoms with Crippen molar-refractivity contribution < 1.29 is 4.74 Å². The lowest BCUT2D eigenvalue weighted by molar-refractivity contribution is 0.0972. The lowest BCUT2D eigenvalue weighted by Gasteiger charge is -2.32. The maximum absolute atomic E-state index is 11.7. The van der Waals surface area contributed by atoms with Gasteiger partial charge in [0.15, 0.2) is 0 Å². The van der Waals surface area contributed by atoms with E-state index in [0.29, 0.717) is 6.04 Å². The van der Waals surface area contributed by atoms with Crippen LogP contribution in [-0.2, 0) is 13.6 Å². The molecule has 0 bridgehead atoms. The van der Waals surface area contributed by atoms with Gasteiger partial charge in [0.25, 0.3) is 0 Å². The highest BCUT2D eigenvalue weighted by atomic mass is 16.5. The zero-order chi connectivity index (χ0) is 20.5. The smallest absolute Gasteiger partial charge is 0.347 e. The van der Waals surface area contributed by atoms with Gasteiger partial charge in [0.05, 0.1) is 11.2 Å². The molecule has 1 aliphatic heterocycles. The first kappa shape index (κ1) is 19.4. The number of fused-ring (bicyclic) bond motifs is 1. The standard InChI is InChI=1S/C24H30N4O2/c1-26-13-9-18(25-24(26)29)17-27-14-10-20(11-15-27)30-23-8-4-7-22-21(23)12-16-28(22)19-5-2-3-6-19/h4,7-9,12-13,16,19-20H,2-3,5-6,10-11,14-15,17H2,1H3. The van der Waals surface area contributed by atoms with Crippen molar-refractivity contribution in [3.05, 3.63) is 58.9 Å². The molecule has 1 aliphatic carbocycles. The summed E-state index contributed by atoms with van der Waals surface area (Å²) in [6.07, 6.45) is 11.5. The molecule has 2 fully saturated rings. The van der Waals surface area contributed by atoms with E-state index in [1.165, 1.54) is 41.2 Å². The number of likely N-dealkylation sites (tertiary alicyclic amines) is 1. The second kappa shape index (κ2) is 8.26. The van der Waals surface area contributed by atoms with E-state index < -0.39 is 0 Å². The first-order valence-electron chi connectivity index (χ1n) is 11.2. The number of piperidine rings is 1. The average Bonchev–Trinajstić information content (AvgIpc) is 3.42. The molecule has 158 valence electrons. The van der Waals surface area contributed by atoms with Gasteiger partial charge in [-0.1, -0.05) is 18.9 Å². The van der Waals surface area contributed by atoms with Crippen molar-refractivity contribution in [2.75, 3.05) is 13.1 Å². The minimum Gasteiger partial charge on any atom is -0.490 e. The zero-order valence-corrected chi connectivity index (χ0v) is 17.7. The molecule has 0 amide bonds. The summed E-state index contributed by atoms with van der Waals surface area (Å²) < 4.78 is 10.4. The summed E-state index contributed by atoms with van der Waals surface area (Å²) in [5, 5.41) is 1.23. The Kier molecular flexibility index (Phi) is 5.34. The second-order valence-electron chi connectivity index (χ2n) is 8.76. The van der Waals surface area contributed by atoms with Gasteiger partial charge in [-0.3, -0.25) is 4.90 Å². The molecular formula is C24H30N4O2. The quantitative estimate of drug-likeness (QED) is 0.645. The average molecular weight is 407 g/mol. The largest absolute Gasteiger partial charge is 0.490 e. The van der Waals surface area contributed by atoms with Gasteiger partial charge < -0.3 is 13.9 Å². The molecule has 5 rings (SSSR count). The highest BCUT2D eigenvalue weighted by Gasteiger charge is 2.23. The summed E-state index contributed by atoms with van der Waals surface area (Å²) in [6.45, 7) is 2.64. The summed E-state index contributed by atoms with van der Waals surface area (Å²) in [5.74, 6) is 1.01. The van der Waals surface area contributed by atoms with Crippen LogP contribution in [0.2, 0.25) is 0 Å². The van der Waals surface area contributed by atoms with Crippen molar-refractivity contribution in [1.29, 1.82) is 0 Å². The fraction of sp³-hybridized carbons (Fsp3) is 0.500. The van der Waals surface area contributed by atoms with E-state index in [9.17, 15) is 4.79 Å². The molecule has 0 atom stereocenters. The van der Waals surface area contributed by atoms with Gasteiger partial charge in [-0.2, -0.15) is 4.98 Å². The number of benzene rings is 1. The van der Waals surface area contributed by atoms with E-state index in [0.717, 1.165) is 43.9 Å². The first-order valence-corrected chi connectivity index (χ1v) is 11.2. The van der Waals surface area contributed by atoms with Crippen LogP contribution in [0.3, 0.4) is 0 Å². The van der Waals surface area contributed by atoms with Gasteiger partial charge in [0.2, 0.25) is 0 Å². The molecule has 1 saturated heterocycles. The highest BCUT2D eigenvalue weighted by molar-refractivity contribution is 5.86. The summed E-state index contributed by atoms with van der Waals surface area (Å²) in [4.78, 5) is 18.3. The zero-order valence-electron chi connectivity index (χ0n) is 17.7. The molecule has 1 saturated carbocycles. The van der Waals surface area contributed by atoms with Crippen LogP contribution in [0.5, 0.6) is 5.75 Å². The van der Waals surface area contributed by atoms with Gasteiger partial charge in [0.1, 0.15) is 11.9 Å². The van der Waals surface area contributed by atoms with Crippen LogP contribution in [0.1, 0.15) is 50.3 Å². The van der Waals surface area contributed by atoms with Crippen molar-refractivity contribution >= 4 is 10.9 Å². The molecule has 0 spiro atoms. The van der Waals surface area contributed by atoms with E-state index in [1.807, 2.05) is 6.07 Å². The predicted octanol–water partition coefficient (Wildman–Crippen LogP) is 3.89. The third-order valence-electron chi connectivity index (χ3n) is 6.69. The van der Waals surface area contributed by atoms with Crippen molar-refractivity contribution in [1.82, 2.24) is 19.0 Å². The SMILES string of the molecule is Cn1ccc(CN2CCC(Oc3cccc4c3ccn4C3CCCC3)CC2)nc1=O. The van der Waals surface area contributed by atoms with E-state index >= 15 is 0 Å². The maximum Gasteiger partial charge on any atom is 0.347 e. The van der Waals surface area contributed by atoms with Gasteiger partial charge in [-0.05, 0) is 49.9 Å². The Labute approximate surface area is 177 Å². The van der Waals surface area contributed by atoms with Crippen LogP contribution in [0.15, 0.2) is 47.5 Å². The maximum atomic E-state index is 11.7. The van der Waals surface area contributed by atoms with Gasteiger partial charge in [0, 0.05) is 50.5 Å². The Balaban J connectivity index is 1.22. The molecule has 3 aromatic rings. The molecular weight excluding hydrogens is 376 g/mol. The van der Waals surface area contributed by atoms with Crippen LogP contribution in [0.25, 0.3) is 10.9 Å². The number of hydrogen-bond acceptors (Lipinski definition) is 4. The van der Waals surface area contributed by atoms with Gasteiger partial charge >= 0.3 is 5.69 Å². The van der Waals surface area contributed by atoms with Crippen molar-refractivity contribution in [3.8, 4) is 5.75 Å². The monoisotopic (exact) mass is 406 g/mol. The fourth-order valence-corrected chi connectivity index (χ4v) is 4.95. The minimum absolute atomic E-state index is 0.191. The molecule has 0 N–H and O–H groups in total. The summed E-state index contributed by atoms with van der Waals surface area (Å²) >= 11 is 0. The number of nitrogens with zero attached hydrogens (tertiary/aromatic N) is 4. The van der Waals surface area contributed by atoms with Crippen molar-refractivity contribution in [2.24, 2.45) is 7.05 Å². The van der Waals surface area contributed by atoms with Crippen molar-refractivity contribution in [2.45, 2.75) is 57.2 Å². The number of aromatic nitrogens is 3. The van der Waals surface area contributed by atoms with Crippen LogP contribution >= 0.6 is 0 Å². The molecule has 1 aromatic carbocycles. The Bertz CT molecular complexity index is 1070. The normalized spacial score (nSPS) is 19.0. The molecule has 6 nitrogen and oxygen atoms in total. The summed E-state index contributed by atoms with van der Waals surface area (Å²) in [7, 11) is 1.73. The lowest BCUT2D eigenvalue weighted by atomic mass is 10.1. The third-order valence-corrected chi connectivity index (χ3v) is 6.69. The number of hydrogen-bond donors (Lipinski definition) is 0. The van der Waals surface area contributed by atoms with Crippen LogP contribution in [-0.4, -0.2) is 38.2 Å². The topological polar surface area (TPSA) is 52.3 Å². The van der Waals surface area contributed by atoms with E-state index in [-0.39, 0.29) is 11.8 Å². The molecule has 0 radical (unpaired) electrons. The minimum atomic E-state index is -0.191. The molecule has 6 heteroatoms. The Morgan fingerprint density at radius 2 is 1.83 bits per heavy atom. The Hall–Kier alpha value is -2.60. The summed E-state index contributed by atoms with van der Waals surface area (Å²) in [5.41, 5.74) is 1.95. The number of aryl methyl sites for hydroxylation is 1. The molecule has 3 heterocycles. The number of rotatable bonds is 5. The molecule has 0 unspecified atom stereocenters. The predicted molar refractivity (Wildman–Crippen MR) is 118 cm³/mol. The van der Waals surface area contributed by atoms with E-state index in [2.05, 4.69) is 44.9 Å². The molecule has 30 heavy (non-hydrogen) atoms. The highest BCUT2D eigenvalue weighted by Crippen LogP contribution is 2.36. The lowest BCUT2D eigenvalue weighted by Crippen LogP contribution is -2.38. The molecule has 2 aliphatic rings. The summed E-state index contributed by atoms with van der Waals surface area (Å²) in [6, 6.07) is 11.3. The Morgan fingerprint density at radius 1 is 1.03 bits per heavy atom. The van der Waals surface area contributed by atoms with Crippen molar-refractivity contribution in [3.63, 3.8) is 0 Å². The Morgan fingerprint density at radius 3 is 2.60 bits per heavy atom. The fourth-order valence-electron chi connectivity index (χ4n) is 4.95. The molecule has 2 aromatic heterocycles. The van der Waals surface area contributed by atoms with Gasteiger partial charge in [-0.25, -0.2) is 4.79 Å². The van der Waals surface area contributed by atoms with Crippen LogP contribution < -0.4 is 10.4 Å². The van der Waals surface area contributed by atoms with Crippen LogP contribution in [0.4, 0.5) is 0 Å². The first-order chi connectivity index (χ1) is 14.7.